The molecular formula is C15H30N2O2. The molecule has 1 aliphatic carbocycles. The molecule has 1 rings (SSSR count). The largest absolute Gasteiger partial charge is 0.480 e. The molecule has 1 aliphatic rings. The number of nitrogens with zero attached hydrogens (tertiary/aromatic N) is 1. The van der Waals surface area contributed by atoms with E-state index in [1.807, 2.05) is 6.92 Å². The summed E-state index contributed by atoms with van der Waals surface area (Å²) in [5.41, 5.74) is 0.124. The van der Waals surface area contributed by atoms with Crippen LogP contribution in [0.1, 0.15) is 52.4 Å². The topological polar surface area (TPSA) is 52.6 Å². The van der Waals surface area contributed by atoms with Crippen molar-refractivity contribution in [3.63, 3.8) is 0 Å². The fourth-order valence-corrected chi connectivity index (χ4v) is 3.27. The van der Waals surface area contributed by atoms with Crippen LogP contribution in [0.25, 0.3) is 0 Å². The molecule has 0 saturated heterocycles. The molecule has 0 aromatic rings. The Labute approximate surface area is 117 Å². The molecule has 3 atom stereocenters. The van der Waals surface area contributed by atoms with Crippen molar-refractivity contribution in [2.24, 2.45) is 5.92 Å². The lowest BCUT2D eigenvalue weighted by molar-refractivity contribution is -0.139. The van der Waals surface area contributed by atoms with E-state index < -0.39 is 12.0 Å². The summed E-state index contributed by atoms with van der Waals surface area (Å²) in [5.74, 6) is 0.00650. The van der Waals surface area contributed by atoms with Crippen molar-refractivity contribution in [3.05, 3.63) is 0 Å². The summed E-state index contributed by atoms with van der Waals surface area (Å²) in [4.78, 5) is 13.5. The van der Waals surface area contributed by atoms with E-state index in [0.29, 0.717) is 6.42 Å². The van der Waals surface area contributed by atoms with E-state index in [2.05, 4.69) is 31.2 Å². The lowest BCUT2D eigenvalue weighted by Crippen LogP contribution is -2.56. The second-order valence-corrected chi connectivity index (χ2v) is 6.38. The molecule has 0 aliphatic heterocycles. The Hall–Kier alpha value is -0.610. The minimum atomic E-state index is -0.723. The zero-order chi connectivity index (χ0) is 14.5. The summed E-state index contributed by atoms with van der Waals surface area (Å²) < 4.78 is 0. The maximum Gasteiger partial charge on any atom is 0.320 e. The third-order valence-electron chi connectivity index (χ3n) is 4.57. The van der Waals surface area contributed by atoms with Crippen molar-refractivity contribution in [1.82, 2.24) is 10.2 Å². The van der Waals surface area contributed by atoms with Gasteiger partial charge >= 0.3 is 5.97 Å². The van der Waals surface area contributed by atoms with E-state index in [0.717, 1.165) is 31.7 Å². The molecule has 0 aromatic carbocycles. The number of likely N-dealkylation sites (N-methyl/N-ethyl adjacent to an activating group) is 1. The fraction of sp³-hybridized carbons (Fsp3) is 0.933. The molecule has 0 bridgehead atoms. The van der Waals surface area contributed by atoms with E-state index in [1.165, 1.54) is 12.8 Å². The molecule has 1 fully saturated rings. The Morgan fingerprint density at radius 3 is 2.68 bits per heavy atom. The van der Waals surface area contributed by atoms with Gasteiger partial charge in [0.15, 0.2) is 0 Å². The van der Waals surface area contributed by atoms with Gasteiger partial charge < -0.3 is 15.3 Å². The number of carboxylic acids is 1. The van der Waals surface area contributed by atoms with Crippen LogP contribution in [-0.2, 0) is 4.79 Å². The van der Waals surface area contributed by atoms with Crippen LogP contribution >= 0.6 is 0 Å². The molecule has 0 aromatic heterocycles. The van der Waals surface area contributed by atoms with Gasteiger partial charge in [0.2, 0.25) is 0 Å². The van der Waals surface area contributed by atoms with Crippen molar-refractivity contribution in [2.45, 2.75) is 64.0 Å². The highest BCUT2D eigenvalue weighted by molar-refractivity contribution is 5.73. The van der Waals surface area contributed by atoms with E-state index in [-0.39, 0.29) is 5.54 Å². The van der Waals surface area contributed by atoms with Crippen LogP contribution in [0.15, 0.2) is 0 Å². The molecule has 3 unspecified atom stereocenters. The molecular weight excluding hydrogens is 240 g/mol. The Morgan fingerprint density at radius 2 is 2.21 bits per heavy atom. The number of aliphatic carboxylic acids is 1. The zero-order valence-corrected chi connectivity index (χ0v) is 12.9. The molecule has 0 amide bonds. The molecule has 0 heterocycles. The zero-order valence-electron chi connectivity index (χ0n) is 12.9. The van der Waals surface area contributed by atoms with Crippen LogP contribution in [0.4, 0.5) is 0 Å². The van der Waals surface area contributed by atoms with Gasteiger partial charge in [-0.15, -0.1) is 0 Å². The average molecular weight is 270 g/mol. The SMILES string of the molecule is CCCC(NCC1(N(C)C)CCCC(C)C1)C(=O)O. The van der Waals surface area contributed by atoms with Crippen molar-refractivity contribution >= 4 is 5.97 Å². The second-order valence-electron chi connectivity index (χ2n) is 6.38. The summed E-state index contributed by atoms with van der Waals surface area (Å²) in [6, 6.07) is -0.404. The van der Waals surface area contributed by atoms with Gasteiger partial charge in [-0.1, -0.05) is 33.1 Å². The van der Waals surface area contributed by atoms with Gasteiger partial charge in [-0.2, -0.15) is 0 Å². The van der Waals surface area contributed by atoms with E-state index in [1.54, 1.807) is 0 Å². The molecule has 1 saturated carbocycles. The first kappa shape index (κ1) is 16.4. The number of carbonyl (C=O) groups is 1. The predicted molar refractivity (Wildman–Crippen MR) is 78.4 cm³/mol. The number of carboxylic acid groups (broad SMARTS) is 1. The van der Waals surface area contributed by atoms with E-state index >= 15 is 0 Å². The molecule has 4 nitrogen and oxygen atoms in total. The first-order chi connectivity index (χ1) is 8.91. The van der Waals surface area contributed by atoms with Crippen molar-refractivity contribution in [2.75, 3.05) is 20.6 Å². The van der Waals surface area contributed by atoms with Gasteiger partial charge in [0.1, 0.15) is 6.04 Å². The fourth-order valence-electron chi connectivity index (χ4n) is 3.27. The van der Waals surface area contributed by atoms with Crippen molar-refractivity contribution in [1.29, 1.82) is 0 Å². The Balaban J connectivity index is 2.65. The minimum Gasteiger partial charge on any atom is -0.480 e. The van der Waals surface area contributed by atoms with Gasteiger partial charge in [0.25, 0.3) is 0 Å². The van der Waals surface area contributed by atoms with Gasteiger partial charge in [0, 0.05) is 12.1 Å². The number of hydrogen-bond acceptors (Lipinski definition) is 3. The first-order valence-electron chi connectivity index (χ1n) is 7.55. The molecule has 2 N–H and O–H groups in total. The van der Waals surface area contributed by atoms with Crippen LogP contribution in [0.2, 0.25) is 0 Å². The maximum atomic E-state index is 11.2. The van der Waals surface area contributed by atoms with Crippen LogP contribution in [-0.4, -0.2) is 48.2 Å². The summed E-state index contributed by atoms with van der Waals surface area (Å²) >= 11 is 0. The lowest BCUT2D eigenvalue weighted by Gasteiger charge is -2.46. The number of rotatable bonds is 7. The molecule has 0 spiro atoms. The monoisotopic (exact) mass is 270 g/mol. The second kappa shape index (κ2) is 7.25. The predicted octanol–water partition coefficient (Wildman–Crippen LogP) is 2.34. The highest BCUT2D eigenvalue weighted by Gasteiger charge is 2.37. The quantitative estimate of drug-likeness (QED) is 0.745. The van der Waals surface area contributed by atoms with Gasteiger partial charge in [0.05, 0.1) is 0 Å². The first-order valence-corrected chi connectivity index (χ1v) is 7.55. The molecule has 4 heteroatoms. The van der Waals surface area contributed by atoms with Crippen LogP contribution in [0.3, 0.4) is 0 Å². The summed E-state index contributed by atoms with van der Waals surface area (Å²) in [6.07, 6.45) is 6.46. The van der Waals surface area contributed by atoms with E-state index in [4.69, 9.17) is 0 Å². The third kappa shape index (κ3) is 4.46. The Kier molecular flexibility index (Phi) is 6.27. The Bertz CT molecular complexity index is 294. The number of hydrogen-bond donors (Lipinski definition) is 2. The number of nitrogens with one attached hydrogen (secondary N) is 1. The summed E-state index contributed by atoms with van der Waals surface area (Å²) in [5, 5.41) is 12.5. The smallest absolute Gasteiger partial charge is 0.320 e. The maximum absolute atomic E-state index is 11.2. The summed E-state index contributed by atoms with van der Waals surface area (Å²) in [7, 11) is 4.24. The standard InChI is InChI=1S/C15H30N2O2/c1-5-7-13(14(18)19)16-11-15(17(3)4)9-6-8-12(2)10-15/h12-13,16H,5-11H2,1-4H3,(H,18,19). The van der Waals surface area contributed by atoms with Crippen molar-refractivity contribution < 1.29 is 9.90 Å². The van der Waals surface area contributed by atoms with E-state index in [9.17, 15) is 9.90 Å². The third-order valence-corrected chi connectivity index (χ3v) is 4.57. The normalized spacial score (nSPS) is 29.4. The average Bonchev–Trinajstić information content (AvgIpc) is 2.34. The molecule has 19 heavy (non-hydrogen) atoms. The van der Waals surface area contributed by atoms with Crippen LogP contribution in [0, 0.1) is 5.92 Å². The van der Waals surface area contributed by atoms with Gasteiger partial charge in [-0.3, -0.25) is 4.79 Å². The van der Waals surface area contributed by atoms with Gasteiger partial charge in [-0.25, -0.2) is 0 Å². The van der Waals surface area contributed by atoms with Crippen LogP contribution in [0.5, 0.6) is 0 Å². The van der Waals surface area contributed by atoms with Crippen molar-refractivity contribution in [3.8, 4) is 0 Å². The highest BCUT2D eigenvalue weighted by Crippen LogP contribution is 2.35. The van der Waals surface area contributed by atoms with Crippen LogP contribution < -0.4 is 5.32 Å². The molecule has 0 radical (unpaired) electrons. The van der Waals surface area contributed by atoms with Gasteiger partial charge in [-0.05, 0) is 39.3 Å². The minimum absolute atomic E-state index is 0.124. The lowest BCUT2D eigenvalue weighted by atomic mass is 9.75. The molecule has 112 valence electrons. The Morgan fingerprint density at radius 1 is 1.53 bits per heavy atom. The highest BCUT2D eigenvalue weighted by atomic mass is 16.4. The summed E-state index contributed by atoms with van der Waals surface area (Å²) in [6.45, 7) is 5.11.